The van der Waals surface area contributed by atoms with Crippen molar-refractivity contribution in [3.63, 3.8) is 0 Å². The molecule has 1 N–H and O–H groups in total. The highest BCUT2D eigenvalue weighted by atomic mass is 32.2. The fourth-order valence-corrected chi connectivity index (χ4v) is 1.32. The maximum atomic E-state index is 10.5. The second-order valence-corrected chi connectivity index (χ2v) is 3.89. The number of carbonyl (C=O) groups is 1. The Labute approximate surface area is 88.7 Å². The van der Waals surface area contributed by atoms with E-state index in [-0.39, 0.29) is 10.8 Å². The lowest BCUT2D eigenvalue weighted by Gasteiger charge is -2.02. The molecule has 0 bridgehead atoms. The van der Waals surface area contributed by atoms with Crippen LogP contribution in [0.4, 0.5) is 5.69 Å². The molecule has 1 heterocycles. The van der Waals surface area contributed by atoms with Crippen LogP contribution in [0.1, 0.15) is 6.92 Å². The molecule has 0 fully saturated rings. The van der Waals surface area contributed by atoms with Gasteiger partial charge in [0.25, 0.3) is 0 Å². The zero-order valence-corrected chi connectivity index (χ0v) is 8.47. The highest BCUT2D eigenvalue weighted by Crippen LogP contribution is 2.19. The highest BCUT2D eigenvalue weighted by Gasteiger charge is 2.15. The van der Waals surface area contributed by atoms with Gasteiger partial charge >= 0.3 is 11.7 Å². The highest BCUT2D eigenvalue weighted by molar-refractivity contribution is 8.00. The van der Waals surface area contributed by atoms with Crippen LogP contribution in [-0.2, 0) is 4.79 Å². The van der Waals surface area contributed by atoms with Crippen molar-refractivity contribution < 1.29 is 14.8 Å². The molecule has 0 aliphatic heterocycles. The number of hydrogen-bond acceptors (Lipinski definition) is 6. The number of carboxylic acid groups (broad SMARTS) is 1. The predicted molar refractivity (Wildman–Crippen MR) is 51.6 cm³/mol. The number of aromatic nitrogens is 2. The van der Waals surface area contributed by atoms with Gasteiger partial charge in [0.2, 0.25) is 0 Å². The first kappa shape index (κ1) is 11.4. The number of carboxylic acids is 1. The van der Waals surface area contributed by atoms with Crippen LogP contribution in [0.2, 0.25) is 0 Å². The van der Waals surface area contributed by atoms with Crippen molar-refractivity contribution in [3.05, 3.63) is 22.5 Å². The van der Waals surface area contributed by atoms with Gasteiger partial charge < -0.3 is 5.11 Å². The van der Waals surface area contributed by atoms with Gasteiger partial charge in [0.15, 0.2) is 5.16 Å². The van der Waals surface area contributed by atoms with Crippen LogP contribution in [-0.4, -0.2) is 31.2 Å². The molecule has 0 radical (unpaired) electrons. The molecule has 8 heteroatoms. The van der Waals surface area contributed by atoms with E-state index in [0.29, 0.717) is 0 Å². The Kier molecular flexibility index (Phi) is 3.56. The van der Waals surface area contributed by atoms with Crippen LogP contribution in [0.15, 0.2) is 17.6 Å². The molecule has 0 amide bonds. The van der Waals surface area contributed by atoms with Gasteiger partial charge in [0.05, 0.1) is 4.92 Å². The van der Waals surface area contributed by atoms with Gasteiger partial charge in [-0.1, -0.05) is 11.8 Å². The molecule has 15 heavy (non-hydrogen) atoms. The van der Waals surface area contributed by atoms with Crippen molar-refractivity contribution in [2.24, 2.45) is 0 Å². The van der Waals surface area contributed by atoms with Crippen LogP contribution in [0.5, 0.6) is 0 Å². The summed E-state index contributed by atoms with van der Waals surface area (Å²) in [6, 6.07) is 0. The van der Waals surface area contributed by atoms with Crippen LogP contribution in [0.25, 0.3) is 0 Å². The summed E-state index contributed by atoms with van der Waals surface area (Å²) in [5, 5.41) is 18.4. The summed E-state index contributed by atoms with van der Waals surface area (Å²) in [6.45, 7) is 1.48. The first-order chi connectivity index (χ1) is 7.00. The van der Waals surface area contributed by atoms with Crippen molar-refractivity contribution >= 4 is 23.4 Å². The molecule has 0 aromatic carbocycles. The van der Waals surface area contributed by atoms with E-state index in [1.54, 1.807) is 0 Å². The van der Waals surface area contributed by atoms with Crippen LogP contribution >= 0.6 is 11.8 Å². The summed E-state index contributed by atoms with van der Waals surface area (Å²) >= 11 is 0.928. The third-order valence-corrected chi connectivity index (χ3v) is 2.43. The zero-order valence-electron chi connectivity index (χ0n) is 7.65. The molecule has 0 saturated heterocycles. The Morgan fingerprint density at radius 1 is 1.60 bits per heavy atom. The minimum atomic E-state index is -0.984. The number of hydrogen-bond donors (Lipinski definition) is 1. The summed E-state index contributed by atoms with van der Waals surface area (Å²) in [5.41, 5.74) is -0.220. The van der Waals surface area contributed by atoms with Crippen LogP contribution in [0.3, 0.4) is 0 Å². The van der Waals surface area contributed by atoms with Gasteiger partial charge in [0, 0.05) is 0 Å². The molecular weight excluding hydrogens is 222 g/mol. The molecule has 0 aliphatic carbocycles. The molecule has 1 unspecified atom stereocenters. The van der Waals surface area contributed by atoms with Gasteiger partial charge in [-0.2, -0.15) is 0 Å². The second-order valence-electron chi connectivity index (χ2n) is 2.58. The monoisotopic (exact) mass is 229 g/mol. The summed E-state index contributed by atoms with van der Waals surface area (Å²) in [4.78, 5) is 27.5. The summed E-state index contributed by atoms with van der Waals surface area (Å²) in [5.74, 6) is -0.984. The summed E-state index contributed by atoms with van der Waals surface area (Å²) in [7, 11) is 0. The Balaban J connectivity index is 2.72. The van der Waals surface area contributed by atoms with Crippen molar-refractivity contribution in [1.82, 2.24) is 9.97 Å². The normalized spacial score (nSPS) is 12.1. The Morgan fingerprint density at radius 3 is 2.53 bits per heavy atom. The van der Waals surface area contributed by atoms with E-state index in [1.807, 2.05) is 0 Å². The van der Waals surface area contributed by atoms with E-state index in [1.165, 1.54) is 6.92 Å². The van der Waals surface area contributed by atoms with E-state index >= 15 is 0 Å². The molecule has 0 aliphatic rings. The van der Waals surface area contributed by atoms with Crippen molar-refractivity contribution in [3.8, 4) is 0 Å². The minimum Gasteiger partial charge on any atom is -0.480 e. The first-order valence-corrected chi connectivity index (χ1v) is 4.74. The van der Waals surface area contributed by atoms with Gasteiger partial charge in [-0.25, -0.2) is 9.97 Å². The summed E-state index contributed by atoms with van der Waals surface area (Å²) < 4.78 is 0. The van der Waals surface area contributed by atoms with E-state index < -0.39 is 16.1 Å². The van der Waals surface area contributed by atoms with Gasteiger partial charge in [0.1, 0.15) is 17.6 Å². The Morgan fingerprint density at radius 2 is 2.13 bits per heavy atom. The topological polar surface area (TPSA) is 106 Å². The van der Waals surface area contributed by atoms with E-state index in [4.69, 9.17) is 5.11 Å². The van der Waals surface area contributed by atoms with E-state index in [0.717, 1.165) is 24.2 Å². The lowest BCUT2D eigenvalue weighted by molar-refractivity contribution is -0.385. The average molecular weight is 229 g/mol. The van der Waals surface area contributed by atoms with Crippen molar-refractivity contribution in [1.29, 1.82) is 0 Å². The lowest BCUT2D eigenvalue weighted by Crippen LogP contribution is -2.11. The molecule has 7 nitrogen and oxygen atoms in total. The molecular formula is C7H7N3O4S. The van der Waals surface area contributed by atoms with Crippen LogP contribution < -0.4 is 0 Å². The fourth-order valence-electron chi connectivity index (χ4n) is 0.673. The zero-order chi connectivity index (χ0) is 11.4. The number of nitro groups is 1. The van der Waals surface area contributed by atoms with E-state index in [9.17, 15) is 14.9 Å². The van der Waals surface area contributed by atoms with Gasteiger partial charge in [-0.3, -0.25) is 14.9 Å². The lowest BCUT2D eigenvalue weighted by atomic mass is 10.5. The minimum absolute atomic E-state index is 0.204. The number of rotatable bonds is 4. The molecule has 1 aromatic heterocycles. The second kappa shape index (κ2) is 4.69. The SMILES string of the molecule is CC(Sc1ncc([N+](=O)[O-])cn1)C(=O)O. The van der Waals surface area contributed by atoms with Crippen LogP contribution in [0, 0.1) is 10.1 Å². The first-order valence-electron chi connectivity index (χ1n) is 3.86. The van der Waals surface area contributed by atoms with Crippen molar-refractivity contribution in [2.45, 2.75) is 17.3 Å². The van der Waals surface area contributed by atoms with Gasteiger partial charge in [-0.05, 0) is 6.92 Å². The number of aliphatic carboxylic acids is 1. The molecule has 0 spiro atoms. The molecule has 1 aromatic rings. The van der Waals surface area contributed by atoms with Gasteiger partial charge in [-0.15, -0.1) is 0 Å². The average Bonchev–Trinajstić information content (AvgIpc) is 2.18. The Hall–Kier alpha value is -1.70. The predicted octanol–water partition coefficient (Wildman–Crippen LogP) is 0.950. The van der Waals surface area contributed by atoms with E-state index in [2.05, 4.69) is 9.97 Å². The third kappa shape index (κ3) is 3.17. The quantitative estimate of drug-likeness (QED) is 0.354. The molecule has 80 valence electrons. The number of thioether (sulfide) groups is 1. The largest absolute Gasteiger partial charge is 0.480 e. The smallest absolute Gasteiger partial charge is 0.316 e. The Bertz CT molecular complexity index is 380. The fraction of sp³-hybridized carbons (Fsp3) is 0.286. The molecule has 0 saturated carbocycles. The maximum Gasteiger partial charge on any atom is 0.316 e. The third-order valence-electron chi connectivity index (χ3n) is 1.46. The standard InChI is InChI=1S/C7H7N3O4S/c1-4(6(11)12)15-7-8-2-5(3-9-7)10(13)14/h2-4H,1H3,(H,11,12). The number of nitrogens with zero attached hydrogens (tertiary/aromatic N) is 3. The molecule has 1 rings (SSSR count). The summed E-state index contributed by atoms with van der Waals surface area (Å²) in [6.07, 6.45) is 2.09. The molecule has 1 atom stereocenters. The maximum absolute atomic E-state index is 10.5. The van der Waals surface area contributed by atoms with Crippen molar-refractivity contribution in [2.75, 3.05) is 0 Å².